The highest BCUT2D eigenvalue weighted by Crippen LogP contribution is 2.28. The van der Waals surface area contributed by atoms with E-state index in [1.54, 1.807) is 18.6 Å². The van der Waals surface area contributed by atoms with Crippen molar-refractivity contribution < 1.29 is 9.53 Å². The van der Waals surface area contributed by atoms with Crippen molar-refractivity contribution in [3.63, 3.8) is 0 Å². The first-order valence-electron chi connectivity index (χ1n) is 9.32. The van der Waals surface area contributed by atoms with Gasteiger partial charge in [0, 0.05) is 24.4 Å². The Hall–Kier alpha value is -3.42. The number of nitrogens with zero attached hydrogens (tertiary/aromatic N) is 4. The molecule has 0 unspecified atom stereocenters. The van der Waals surface area contributed by atoms with Gasteiger partial charge in [-0.15, -0.1) is 11.8 Å². The first kappa shape index (κ1) is 22.9. The van der Waals surface area contributed by atoms with Gasteiger partial charge in [0.25, 0.3) is 0 Å². The van der Waals surface area contributed by atoms with E-state index in [-0.39, 0.29) is 5.97 Å². The van der Waals surface area contributed by atoms with E-state index in [1.165, 1.54) is 18.9 Å². The summed E-state index contributed by atoms with van der Waals surface area (Å²) < 4.78 is 4.70. The number of hydrogen-bond acceptors (Lipinski definition) is 7. The molecule has 0 N–H and O–H groups in total. The van der Waals surface area contributed by atoms with Crippen molar-refractivity contribution >= 4 is 34.0 Å². The number of ether oxygens (including phenoxy) is 1. The zero-order valence-electron chi connectivity index (χ0n) is 16.9. The fourth-order valence-electron chi connectivity index (χ4n) is 2.76. The number of hydrogen-bond donors (Lipinski definition) is 0. The van der Waals surface area contributed by atoms with Gasteiger partial charge in [0.2, 0.25) is 0 Å². The van der Waals surface area contributed by atoms with E-state index in [4.69, 9.17) is 15.3 Å². The summed E-state index contributed by atoms with van der Waals surface area (Å²) in [6, 6.07) is 15.4. The minimum absolute atomic E-state index is 0.225. The van der Waals surface area contributed by atoms with Gasteiger partial charge in [0.05, 0.1) is 24.9 Å². The molecular weight excluding hydrogens is 396 g/mol. The summed E-state index contributed by atoms with van der Waals surface area (Å²) in [4.78, 5) is 20.1. The van der Waals surface area contributed by atoms with Crippen molar-refractivity contribution in [1.82, 2.24) is 4.98 Å². The Morgan fingerprint density at radius 3 is 2.67 bits per heavy atom. The van der Waals surface area contributed by atoms with Crippen LogP contribution in [0.5, 0.6) is 0 Å². The number of pyridine rings is 1. The number of carbonyl (C=O) groups excluding carboxylic acids is 1. The van der Waals surface area contributed by atoms with Crippen LogP contribution in [-0.2, 0) is 9.53 Å². The lowest BCUT2D eigenvalue weighted by Crippen LogP contribution is -2.05. The Morgan fingerprint density at radius 2 is 2.03 bits per heavy atom. The molecular formula is C23H22N4O2S. The molecule has 152 valence electrons. The molecule has 2 rings (SSSR count). The zero-order chi connectivity index (χ0) is 21.8. The van der Waals surface area contributed by atoms with Crippen LogP contribution < -0.4 is 0 Å². The zero-order valence-corrected chi connectivity index (χ0v) is 17.7. The van der Waals surface area contributed by atoms with E-state index >= 15 is 0 Å². The summed E-state index contributed by atoms with van der Waals surface area (Å²) in [6.07, 6.45) is 9.12. The quantitative estimate of drug-likeness (QED) is 0.261. The van der Waals surface area contributed by atoms with Crippen LogP contribution >= 0.6 is 11.8 Å². The number of thioether (sulfide) groups is 1. The van der Waals surface area contributed by atoms with Gasteiger partial charge in [0.15, 0.2) is 5.92 Å². The van der Waals surface area contributed by atoms with Gasteiger partial charge in [0.1, 0.15) is 5.04 Å². The van der Waals surface area contributed by atoms with Crippen molar-refractivity contribution in [3.8, 4) is 12.1 Å². The van der Waals surface area contributed by atoms with E-state index in [9.17, 15) is 4.79 Å². The minimum atomic E-state index is -0.893. The van der Waals surface area contributed by atoms with E-state index in [1.807, 2.05) is 48.5 Å². The van der Waals surface area contributed by atoms with Crippen LogP contribution in [0.2, 0.25) is 0 Å². The molecule has 7 heteroatoms. The topological polar surface area (TPSA) is 99.1 Å². The monoisotopic (exact) mass is 418 g/mol. The van der Waals surface area contributed by atoms with Gasteiger partial charge < -0.3 is 4.74 Å². The van der Waals surface area contributed by atoms with Crippen LogP contribution in [0, 0.1) is 28.6 Å². The molecule has 6 nitrogen and oxygen atoms in total. The molecule has 0 bridgehead atoms. The second-order valence-electron chi connectivity index (χ2n) is 6.22. The number of aliphatic imine (C=N–C) groups is 1. The Labute approximate surface area is 180 Å². The Balaban J connectivity index is 2.38. The molecule has 0 atom stereocenters. The lowest BCUT2D eigenvalue weighted by molar-refractivity contribution is -0.140. The van der Waals surface area contributed by atoms with Gasteiger partial charge in [-0.1, -0.05) is 24.3 Å². The second kappa shape index (κ2) is 12.2. The molecule has 0 aliphatic heterocycles. The SMILES string of the molecule is COC(=O)CCC/C=C(/c1cccnc1)c1cccc(N=C(SC)C(C#N)C#N)c1. The Bertz CT molecular complexity index is 990. The van der Waals surface area contributed by atoms with Crippen LogP contribution in [0.1, 0.15) is 30.4 Å². The number of carbonyl (C=O) groups is 1. The molecule has 0 fully saturated rings. The molecule has 0 amide bonds. The molecule has 1 heterocycles. The van der Waals surface area contributed by atoms with Crippen molar-refractivity contribution in [2.75, 3.05) is 13.4 Å². The Morgan fingerprint density at radius 1 is 1.27 bits per heavy atom. The number of aromatic nitrogens is 1. The highest BCUT2D eigenvalue weighted by Gasteiger charge is 2.14. The first-order valence-corrected chi connectivity index (χ1v) is 10.5. The van der Waals surface area contributed by atoms with E-state index in [0.717, 1.165) is 16.7 Å². The fraction of sp³-hybridized carbons (Fsp3) is 0.261. The third-order valence-electron chi connectivity index (χ3n) is 4.24. The predicted octanol–water partition coefficient (Wildman–Crippen LogP) is 4.91. The largest absolute Gasteiger partial charge is 0.469 e. The normalized spacial score (nSPS) is 11.6. The maximum Gasteiger partial charge on any atom is 0.305 e. The van der Waals surface area contributed by atoms with Crippen LogP contribution in [0.4, 0.5) is 5.69 Å². The summed E-state index contributed by atoms with van der Waals surface area (Å²) >= 11 is 1.29. The number of esters is 1. The number of rotatable bonds is 8. The van der Waals surface area contributed by atoms with Gasteiger partial charge >= 0.3 is 5.97 Å². The highest BCUT2D eigenvalue weighted by atomic mass is 32.2. The van der Waals surface area contributed by atoms with Gasteiger partial charge in [-0.2, -0.15) is 10.5 Å². The van der Waals surface area contributed by atoms with Crippen LogP contribution in [-0.4, -0.2) is 29.4 Å². The molecule has 1 aromatic carbocycles. The predicted molar refractivity (Wildman–Crippen MR) is 119 cm³/mol. The summed E-state index contributed by atoms with van der Waals surface area (Å²) in [5, 5.41) is 18.8. The first-order chi connectivity index (χ1) is 14.6. The van der Waals surface area contributed by atoms with Crippen LogP contribution in [0.15, 0.2) is 59.9 Å². The average Bonchev–Trinajstić information content (AvgIpc) is 2.79. The molecule has 0 aliphatic rings. The van der Waals surface area contributed by atoms with Gasteiger partial charge in [-0.25, -0.2) is 4.99 Å². The van der Waals surface area contributed by atoms with Crippen molar-refractivity contribution in [2.24, 2.45) is 10.9 Å². The molecule has 0 saturated carbocycles. The minimum Gasteiger partial charge on any atom is -0.469 e. The molecule has 0 radical (unpaired) electrons. The number of benzene rings is 1. The lowest BCUT2D eigenvalue weighted by Gasteiger charge is -2.10. The lowest BCUT2D eigenvalue weighted by atomic mass is 9.97. The van der Waals surface area contributed by atoms with E-state index in [2.05, 4.69) is 16.1 Å². The summed E-state index contributed by atoms with van der Waals surface area (Å²) in [7, 11) is 1.39. The summed E-state index contributed by atoms with van der Waals surface area (Å²) in [5.74, 6) is -1.12. The van der Waals surface area contributed by atoms with Crippen LogP contribution in [0.25, 0.3) is 5.57 Å². The van der Waals surface area contributed by atoms with Gasteiger partial charge in [-0.3, -0.25) is 9.78 Å². The standard InChI is InChI=1S/C23H22N4O2S/c1-29-22(28)11-4-3-10-21(18-8-6-12-26-16-18)17-7-5-9-20(13-17)27-23(30-2)19(14-24)15-25/h5-10,12-13,16,19H,3-4,11H2,1-2H3/b21-10+,27-23?. The number of methoxy groups -OCH3 is 1. The molecule has 0 aliphatic carbocycles. The maximum atomic E-state index is 11.4. The van der Waals surface area contributed by atoms with Crippen LogP contribution in [0.3, 0.4) is 0 Å². The van der Waals surface area contributed by atoms with Crippen molar-refractivity contribution in [2.45, 2.75) is 19.3 Å². The third-order valence-corrected chi connectivity index (χ3v) is 4.99. The second-order valence-corrected chi connectivity index (χ2v) is 7.05. The smallest absolute Gasteiger partial charge is 0.305 e. The molecule has 1 aromatic heterocycles. The molecule has 0 saturated heterocycles. The number of nitriles is 2. The van der Waals surface area contributed by atoms with Crippen molar-refractivity contribution in [3.05, 3.63) is 66.0 Å². The molecule has 0 spiro atoms. The summed E-state index contributed by atoms with van der Waals surface area (Å²) in [6.45, 7) is 0. The summed E-state index contributed by atoms with van der Waals surface area (Å²) in [5.41, 5.74) is 3.53. The fourth-order valence-corrected chi connectivity index (χ4v) is 3.29. The molecule has 30 heavy (non-hydrogen) atoms. The highest BCUT2D eigenvalue weighted by molar-refractivity contribution is 8.13. The maximum absolute atomic E-state index is 11.4. The van der Waals surface area contributed by atoms with E-state index < -0.39 is 5.92 Å². The third kappa shape index (κ3) is 6.58. The number of unbranched alkanes of at least 4 members (excludes halogenated alkanes) is 1. The molecule has 2 aromatic rings. The van der Waals surface area contributed by atoms with E-state index in [0.29, 0.717) is 30.0 Å². The Kier molecular flexibility index (Phi) is 9.30. The number of allylic oxidation sites excluding steroid dienone is 1. The van der Waals surface area contributed by atoms with Gasteiger partial charge in [-0.05, 0) is 48.4 Å². The average molecular weight is 419 g/mol. The van der Waals surface area contributed by atoms with Crippen molar-refractivity contribution in [1.29, 1.82) is 10.5 Å².